The second kappa shape index (κ2) is 4.42. The van der Waals surface area contributed by atoms with Crippen LogP contribution in [0.5, 0.6) is 0 Å². The van der Waals surface area contributed by atoms with Crippen molar-refractivity contribution in [3.8, 4) is 0 Å². The second-order valence-electron chi connectivity index (χ2n) is 4.13. The van der Waals surface area contributed by atoms with Crippen molar-refractivity contribution in [2.45, 2.75) is 12.8 Å². The first kappa shape index (κ1) is 11.8. The van der Waals surface area contributed by atoms with Gasteiger partial charge in [-0.2, -0.15) is 5.10 Å². The predicted molar refractivity (Wildman–Crippen MR) is 64.7 cm³/mol. The van der Waals surface area contributed by atoms with E-state index in [9.17, 15) is 13.2 Å². The van der Waals surface area contributed by atoms with Gasteiger partial charge in [-0.25, -0.2) is 13.2 Å². The van der Waals surface area contributed by atoms with Gasteiger partial charge in [0.05, 0.1) is 5.69 Å². The molecule has 1 aromatic carbocycles. The van der Waals surface area contributed by atoms with Gasteiger partial charge in [-0.3, -0.25) is 10.1 Å². The number of nitrogens with zero attached hydrogens (tertiary/aromatic N) is 2. The first-order chi connectivity index (χ1) is 9.15. The lowest BCUT2D eigenvalue weighted by molar-refractivity contribution is 0.448. The zero-order valence-corrected chi connectivity index (χ0v) is 9.67. The molecule has 2 aromatic rings. The van der Waals surface area contributed by atoms with Crippen LogP contribution in [0.4, 0.5) is 30.4 Å². The minimum atomic E-state index is -1.49. The highest BCUT2D eigenvalue weighted by atomic mass is 19.2. The van der Waals surface area contributed by atoms with E-state index in [2.05, 4.69) is 20.5 Å². The van der Waals surface area contributed by atoms with Gasteiger partial charge in [0, 0.05) is 24.0 Å². The van der Waals surface area contributed by atoms with Crippen molar-refractivity contribution in [2.24, 2.45) is 4.99 Å². The molecule has 0 saturated heterocycles. The van der Waals surface area contributed by atoms with Crippen molar-refractivity contribution in [3.63, 3.8) is 0 Å². The highest BCUT2D eigenvalue weighted by Crippen LogP contribution is 2.32. The van der Waals surface area contributed by atoms with E-state index >= 15 is 0 Å². The smallest absolute Gasteiger partial charge is 0.194 e. The Morgan fingerprint density at radius 2 is 1.89 bits per heavy atom. The molecule has 0 spiro atoms. The van der Waals surface area contributed by atoms with Gasteiger partial charge in [0.1, 0.15) is 5.69 Å². The Kier molecular flexibility index (Phi) is 2.73. The summed E-state index contributed by atoms with van der Waals surface area (Å²) in [5.41, 5.74) is 1.54. The maximum absolute atomic E-state index is 13.1. The number of H-pyrrole nitrogens is 1. The van der Waals surface area contributed by atoms with Gasteiger partial charge in [0.2, 0.25) is 0 Å². The largest absolute Gasteiger partial charge is 0.337 e. The van der Waals surface area contributed by atoms with Crippen molar-refractivity contribution in [1.82, 2.24) is 10.2 Å². The maximum Gasteiger partial charge on any atom is 0.194 e. The molecule has 0 unspecified atom stereocenters. The molecule has 1 aliphatic rings. The molecule has 1 aromatic heterocycles. The summed E-state index contributed by atoms with van der Waals surface area (Å²) >= 11 is 0. The molecule has 7 heteroatoms. The Morgan fingerprint density at radius 3 is 2.63 bits per heavy atom. The molecule has 3 rings (SSSR count). The van der Waals surface area contributed by atoms with Gasteiger partial charge in [0.15, 0.2) is 23.3 Å². The van der Waals surface area contributed by atoms with E-state index in [0.29, 0.717) is 11.5 Å². The number of hydrogen-bond acceptors (Lipinski definition) is 3. The fourth-order valence-electron chi connectivity index (χ4n) is 1.90. The SMILES string of the molecule is Fc1cc(Nc2n[nH]c3c2N=CCC3)cc(F)c1F. The molecule has 19 heavy (non-hydrogen) atoms. The molecule has 0 aliphatic carbocycles. The van der Waals surface area contributed by atoms with E-state index in [1.54, 1.807) is 6.21 Å². The number of aliphatic imine (C=N–C) groups is 1. The van der Waals surface area contributed by atoms with Gasteiger partial charge in [0.25, 0.3) is 0 Å². The standard InChI is InChI=1S/C12H9F3N4/c13-7-4-6(5-8(14)10(7)15)17-12-11-9(18-19-12)2-1-3-16-11/h3-5H,1-2H2,(H2,17,18,19). The number of anilines is 2. The van der Waals surface area contributed by atoms with Crippen LogP contribution in [0.3, 0.4) is 0 Å². The Bertz CT molecular complexity index is 640. The van der Waals surface area contributed by atoms with Crippen molar-refractivity contribution in [2.75, 3.05) is 5.32 Å². The van der Waals surface area contributed by atoms with E-state index in [4.69, 9.17) is 0 Å². The van der Waals surface area contributed by atoms with Crippen LogP contribution in [0.2, 0.25) is 0 Å². The summed E-state index contributed by atoms with van der Waals surface area (Å²) in [7, 11) is 0. The number of aryl methyl sites for hydroxylation is 1. The second-order valence-corrected chi connectivity index (χ2v) is 4.13. The van der Waals surface area contributed by atoms with E-state index in [1.807, 2.05) is 0 Å². The Balaban J connectivity index is 1.94. The van der Waals surface area contributed by atoms with E-state index < -0.39 is 17.5 Å². The van der Waals surface area contributed by atoms with Crippen LogP contribution in [-0.2, 0) is 6.42 Å². The Hall–Kier alpha value is -2.31. The van der Waals surface area contributed by atoms with Crippen molar-refractivity contribution in [3.05, 3.63) is 35.3 Å². The molecular weight excluding hydrogens is 257 g/mol. The molecule has 0 bridgehead atoms. The van der Waals surface area contributed by atoms with Crippen LogP contribution >= 0.6 is 0 Å². The normalized spacial score (nSPS) is 13.4. The summed E-state index contributed by atoms with van der Waals surface area (Å²) in [5.74, 6) is -3.64. The van der Waals surface area contributed by atoms with Crippen molar-refractivity contribution in [1.29, 1.82) is 0 Å². The number of rotatable bonds is 2. The zero-order valence-electron chi connectivity index (χ0n) is 9.67. The quantitative estimate of drug-likeness (QED) is 0.820. The molecule has 1 aliphatic heterocycles. The maximum atomic E-state index is 13.1. The van der Waals surface area contributed by atoms with Gasteiger partial charge in [-0.1, -0.05) is 0 Å². The number of benzene rings is 1. The minimum Gasteiger partial charge on any atom is -0.337 e. The average molecular weight is 266 g/mol. The van der Waals surface area contributed by atoms with E-state index in [1.165, 1.54) is 0 Å². The van der Waals surface area contributed by atoms with Gasteiger partial charge >= 0.3 is 0 Å². The molecule has 98 valence electrons. The molecule has 0 amide bonds. The lowest BCUT2D eigenvalue weighted by Gasteiger charge is -2.07. The van der Waals surface area contributed by atoms with Crippen LogP contribution in [0, 0.1) is 17.5 Å². The number of nitrogens with one attached hydrogen (secondary N) is 2. The average Bonchev–Trinajstić information content (AvgIpc) is 2.79. The summed E-state index contributed by atoms with van der Waals surface area (Å²) < 4.78 is 39.0. The summed E-state index contributed by atoms with van der Waals surface area (Å²) in [6.07, 6.45) is 3.34. The first-order valence-corrected chi connectivity index (χ1v) is 5.66. The van der Waals surface area contributed by atoms with Crippen LogP contribution in [0.25, 0.3) is 0 Å². The minimum absolute atomic E-state index is 0.0754. The third-order valence-electron chi connectivity index (χ3n) is 2.80. The van der Waals surface area contributed by atoms with Crippen LogP contribution in [-0.4, -0.2) is 16.4 Å². The Morgan fingerprint density at radius 1 is 1.16 bits per heavy atom. The number of halogens is 3. The van der Waals surface area contributed by atoms with Crippen LogP contribution < -0.4 is 5.32 Å². The van der Waals surface area contributed by atoms with E-state index in [-0.39, 0.29) is 5.69 Å². The van der Waals surface area contributed by atoms with Gasteiger partial charge in [-0.15, -0.1) is 0 Å². The van der Waals surface area contributed by atoms with E-state index in [0.717, 1.165) is 30.7 Å². The van der Waals surface area contributed by atoms with Gasteiger partial charge < -0.3 is 5.32 Å². The van der Waals surface area contributed by atoms with Crippen LogP contribution in [0.1, 0.15) is 12.1 Å². The molecule has 2 heterocycles. The molecule has 4 nitrogen and oxygen atoms in total. The third-order valence-corrected chi connectivity index (χ3v) is 2.80. The lowest BCUT2D eigenvalue weighted by Crippen LogP contribution is -1.97. The fourth-order valence-corrected chi connectivity index (χ4v) is 1.90. The third kappa shape index (κ3) is 2.07. The fraction of sp³-hybridized carbons (Fsp3) is 0.167. The molecule has 0 fully saturated rings. The molecule has 2 N–H and O–H groups in total. The zero-order chi connectivity index (χ0) is 13.4. The highest BCUT2D eigenvalue weighted by Gasteiger charge is 2.16. The number of hydrogen-bond donors (Lipinski definition) is 2. The topological polar surface area (TPSA) is 53.1 Å². The number of aromatic nitrogens is 2. The lowest BCUT2D eigenvalue weighted by atomic mass is 10.2. The first-order valence-electron chi connectivity index (χ1n) is 5.66. The highest BCUT2D eigenvalue weighted by molar-refractivity contribution is 5.77. The van der Waals surface area contributed by atoms with Crippen LogP contribution in [0.15, 0.2) is 17.1 Å². The van der Waals surface area contributed by atoms with Crippen molar-refractivity contribution >= 4 is 23.4 Å². The van der Waals surface area contributed by atoms with Crippen molar-refractivity contribution < 1.29 is 13.2 Å². The molecular formula is C12H9F3N4. The van der Waals surface area contributed by atoms with Gasteiger partial charge in [-0.05, 0) is 12.8 Å². The number of aromatic amines is 1. The Labute approximate surface area is 106 Å². The predicted octanol–water partition coefficient (Wildman–Crippen LogP) is 3.22. The molecule has 0 atom stereocenters. The monoisotopic (exact) mass is 266 g/mol. The number of fused-ring (bicyclic) bond motifs is 1. The molecule has 0 radical (unpaired) electrons. The summed E-state index contributed by atoms with van der Waals surface area (Å²) in [5, 5.41) is 9.50. The summed E-state index contributed by atoms with van der Waals surface area (Å²) in [6, 6.07) is 1.73. The summed E-state index contributed by atoms with van der Waals surface area (Å²) in [6.45, 7) is 0. The molecule has 0 saturated carbocycles. The summed E-state index contributed by atoms with van der Waals surface area (Å²) in [4.78, 5) is 4.17.